The highest BCUT2D eigenvalue weighted by molar-refractivity contribution is 5.43. The Balaban J connectivity index is 1.58. The standard InChI is InChI=1S/C30H50O2/c1-4-7-8-10-25-15-17-27(18-16-25)29-22-28(31-21-6-3)19-20-30(29)32-23-26-13-11-24(9-5-2)12-14-26/h19-20,22,24-27H,4-18,21,23H2,1-3H3. The van der Waals surface area contributed by atoms with Crippen molar-refractivity contribution in [3.05, 3.63) is 23.8 Å². The van der Waals surface area contributed by atoms with Gasteiger partial charge < -0.3 is 9.47 Å². The van der Waals surface area contributed by atoms with Crippen LogP contribution in [0.25, 0.3) is 0 Å². The highest BCUT2D eigenvalue weighted by Crippen LogP contribution is 2.42. The van der Waals surface area contributed by atoms with Gasteiger partial charge in [-0.3, -0.25) is 0 Å². The first-order chi connectivity index (χ1) is 15.7. The van der Waals surface area contributed by atoms with Crippen LogP contribution in [0.4, 0.5) is 0 Å². The van der Waals surface area contributed by atoms with E-state index in [9.17, 15) is 0 Å². The van der Waals surface area contributed by atoms with E-state index in [0.29, 0.717) is 5.92 Å². The first-order valence-electron chi connectivity index (χ1n) is 14.1. The van der Waals surface area contributed by atoms with Crippen LogP contribution in [-0.4, -0.2) is 13.2 Å². The normalized spacial score (nSPS) is 26.1. The van der Waals surface area contributed by atoms with Crippen LogP contribution in [0, 0.1) is 17.8 Å². The molecule has 0 amide bonds. The second kappa shape index (κ2) is 14.2. The molecular formula is C30H50O2. The summed E-state index contributed by atoms with van der Waals surface area (Å²) >= 11 is 0. The number of hydrogen-bond acceptors (Lipinski definition) is 2. The van der Waals surface area contributed by atoms with Crippen molar-refractivity contribution in [2.75, 3.05) is 13.2 Å². The predicted molar refractivity (Wildman–Crippen MR) is 137 cm³/mol. The number of unbranched alkanes of at least 4 members (excludes halogenated alkanes) is 2. The second-order valence-electron chi connectivity index (χ2n) is 10.7. The van der Waals surface area contributed by atoms with Crippen LogP contribution in [0.5, 0.6) is 11.5 Å². The van der Waals surface area contributed by atoms with E-state index in [1.54, 1.807) is 0 Å². The minimum absolute atomic E-state index is 0.637. The fraction of sp³-hybridized carbons (Fsp3) is 0.800. The minimum Gasteiger partial charge on any atom is -0.494 e. The SMILES string of the molecule is CCCCCC1CCC(c2cc(OCCC)ccc2OCC2CCC(CCC)CC2)CC1. The molecule has 0 atom stereocenters. The molecule has 182 valence electrons. The summed E-state index contributed by atoms with van der Waals surface area (Å²) in [5.74, 6) is 5.45. The van der Waals surface area contributed by atoms with E-state index in [-0.39, 0.29) is 0 Å². The second-order valence-corrected chi connectivity index (χ2v) is 10.7. The van der Waals surface area contributed by atoms with Gasteiger partial charge in [0.1, 0.15) is 11.5 Å². The number of ether oxygens (including phenoxy) is 2. The topological polar surface area (TPSA) is 18.5 Å². The first kappa shape index (κ1) is 25.4. The molecule has 2 saturated carbocycles. The summed E-state index contributed by atoms with van der Waals surface area (Å²) in [6.07, 6.45) is 20.3. The van der Waals surface area contributed by atoms with Gasteiger partial charge in [0.15, 0.2) is 0 Å². The quantitative estimate of drug-likeness (QED) is 0.283. The maximum Gasteiger partial charge on any atom is 0.123 e. The molecule has 3 rings (SSSR count). The molecule has 2 aliphatic carbocycles. The number of hydrogen-bond donors (Lipinski definition) is 0. The Morgan fingerprint density at radius 2 is 1.38 bits per heavy atom. The minimum atomic E-state index is 0.637. The van der Waals surface area contributed by atoms with Crippen molar-refractivity contribution in [1.29, 1.82) is 0 Å². The maximum atomic E-state index is 6.54. The molecule has 0 bridgehead atoms. The van der Waals surface area contributed by atoms with Crippen molar-refractivity contribution >= 4 is 0 Å². The van der Waals surface area contributed by atoms with Gasteiger partial charge in [0.2, 0.25) is 0 Å². The molecule has 0 heterocycles. The Bertz CT molecular complexity index is 624. The Morgan fingerprint density at radius 3 is 2.06 bits per heavy atom. The van der Waals surface area contributed by atoms with Gasteiger partial charge in [0.05, 0.1) is 13.2 Å². The lowest BCUT2D eigenvalue weighted by molar-refractivity contribution is 0.176. The summed E-state index contributed by atoms with van der Waals surface area (Å²) in [6.45, 7) is 8.50. The number of rotatable bonds is 13. The fourth-order valence-electron chi connectivity index (χ4n) is 6.03. The lowest BCUT2D eigenvalue weighted by atomic mass is 9.76. The molecule has 0 aliphatic heterocycles. The highest BCUT2D eigenvalue weighted by atomic mass is 16.5. The van der Waals surface area contributed by atoms with E-state index in [1.807, 2.05) is 0 Å². The molecule has 1 aromatic rings. The Labute approximate surface area is 198 Å². The van der Waals surface area contributed by atoms with E-state index in [4.69, 9.17) is 9.47 Å². The van der Waals surface area contributed by atoms with Crippen molar-refractivity contribution in [2.45, 2.75) is 123 Å². The molecular weight excluding hydrogens is 392 g/mol. The molecule has 0 radical (unpaired) electrons. The Kier molecular flexibility index (Phi) is 11.3. The zero-order valence-electron chi connectivity index (χ0n) is 21.4. The molecule has 0 unspecified atom stereocenters. The highest BCUT2D eigenvalue weighted by Gasteiger charge is 2.26. The van der Waals surface area contributed by atoms with E-state index >= 15 is 0 Å². The maximum absolute atomic E-state index is 6.54. The lowest BCUT2D eigenvalue weighted by Crippen LogP contribution is -2.21. The molecule has 2 aliphatic rings. The first-order valence-corrected chi connectivity index (χ1v) is 14.1. The van der Waals surface area contributed by atoms with Gasteiger partial charge in [-0.05, 0) is 86.8 Å². The van der Waals surface area contributed by atoms with Crippen LogP contribution in [0.3, 0.4) is 0 Å². The van der Waals surface area contributed by atoms with Crippen LogP contribution in [0.15, 0.2) is 18.2 Å². The molecule has 0 aromatic heterocycles. The van der Waals surface area contributed by atoms with E-state index in [1.165, 1.54) is 95.5 Å². The summed E-state index contributed by atoms with van der Waals surface area (Å²) in [7, 11) is 0. The molecule has 0 N–H and O–H groups in total. The third kappa shape index (κ3) is 7.99. The van der Waals surface area contributed by atoms with Crippen LogP contribution >= 0.6 is 0 Å². The zero-order chi connectivity index (χ0) is 22.6. The van der Waals surface area contributed by atoms with E-state index in [0.717, 1.165) is 48.9 Å². The molecule has 1 aromatic carbocycles. The third-order valence-corrected chi connectivity index (χ3v) is 8.09. The van der Waals surface area contributed by atoms with Crippen LogP contribution < -0.4 is 9.47 Å². The monoisotopic (exact) mass is 442 g/mol. The third-order valence-electron chi connectivity index (χ3n) is 8.09. The van der Waals surface area contributed by atoms with Gasteiger partial charge in [-0.2, -0.15) is 0 Å². The van der Waals surface area contributed by atoms with E-state index in [2.05, 4.69) is 39.0 Å². The van der Waals surface area contributed by atoms with E-state index < -0.39 is 0 Å². The van der Waals surface area contributed by atoms with Crippen LogP contribution in [0.1, 0.15) is 129 Å². The van der Waals surface area contributed by atoms with Crippen LogP contribution in [-0.2, 0) is 0 Å². The fourth-order valence-corrected chi connectivity index (χ4v) is 6.03. The molecule has 0 spiro atoms. The average Bonchev–Trinajstić information content (AvgIpc) is 2.83. The Morgan fingerprint density at radius 1 is 0.688 bits per heavy atom. The van der Waals surface area contributed by atoms with Crippen molar-refractivity contribution in [2.24, 2.45) is 17.8 Å². The van der Waals surface area contributed by atoms with Crippen molar-refractivity contribution < 1.29 is 9.47 Å². The molecule has 2 heteroatoms. The summed E-state index contributed by atoms with van der Waals surface area (Å²) in [4.78, 5) is 0. The largest absolute Gasteiger partial charge is 0.494 e. The van der Waals surface area contributed by atoms with Crippen LogP contribution in [0.2, 0.25) is 0 Å². The molecule has 32 heavy (non-hydrogen) atoms. The van der Waals surface area contributed by atoms with Crippen molar-refractivity contribution in [3.8, 4) is 11.5 Å². The molecule has 0 saturated heterocycles. The summed E-state index contributed by atoms with van der Waals surface area (Å²) < 4.78 is 12.5. The summed E-state index contributed by atoms with van der Waals surface area (Å²) in [5.41, 5.74) is 1.42. The summed E-state index contributed by atoms with van der Waals surface area (Å²) in [6, 6.07) is 6.64. The van der Waals surface area contributed by atoms with Crippen molar-refractivity contribution in [1.82, 2.24) is 0 Å². The smallest absolute Gasteiger partial charge is 0.123 e. The lowest BCUT2D eigenvalue weighted by Gasteiger charge is -2.31. The van der Waals surface area contributed by atoms with Gasteiger partial charge in [0, 0.05) is 5.56 Å². The van der Waals surface area contributed by atoms with Gasteiger partial charge in [-0.25, -0.2) is 0 Å². The van der Waals surface area contributed by atoms with Crippen molar-refractivity contribution in [3.63, 3.8) is 0 Å². The summed E-state index contributed by atoms with van der Waals surface area (Å²) in [5, 5.41) is 0. The van der Waals surface area contributed by atoms with Gasteiger partial charge >= 0.3 is 0 Å². The zero-order valence-corrected chi connectivity index (χ0v) is 21.4. The molecule has 2 nitrogen and oxygen atoms in total. The molecule has 2 fully saturated rings. The number of benzene rings is 1. The van der Waals surface area contributed by atoms with Gasteiger partial charge in [-0.15, -0.1) is 0 Å². The average molecular weight is 443 g/mol. The Hall–Kier alpha value is -1.18. The van der Waals surface area contributed by atoms with Gasteiger partial charge in [0.25, 0.3) is 0 Å². The predicted octanol–water partition coefficient (Wildman–Crippen LogP) is 9.31. The van der Waals surface area contributed by atoms with Gasteiger partial charge in [-0.1, -0.05) is 72.1 Å².